The SMILES string of the molecule is CC1(C)OB(c2ccc(Cl)c3c(NS(C)(=O)=O)n[nH]c23)OC1(C)C. The van der Waals surface area contributed by atoms with Crippen LogP contribution in [0.1, 0.15) is 27.7 Å². The van der Waals surface area contributed by atoms with Gasteiger partial charge in [-0.05, 0) is 33.8 Å². The minimum atomic E-state index is -3.48. The van der Waals surface area contributed by atoms with Crippen LogP contribution in [-0.2, 0) is 19.3 Å². The molecule has 1 aromatic heterocycles. The van der Waals surface area contributed by atoms with Crippen molar-refractivity contribution >= 4 is 50.9 Å². The maximum Gasteiger partial charge on any atom is 0.497 e. The summed E-state index contributed by atoms with van der Waals surface area (Å²) in [6.45, 7) is 7.85. The number of nitrogens with zero attached hydrogens (tertiary/aromatic N) is 1. The van der Waals surface area contributed by atoms with Crippen molar-refractivity contribution in [1.82, 2.24) is 10.2 Å². The van der Waals surface area contributed by atoms with Gasteiger partial charge in [-0.3, -0.25) is 9.82 Å². The lowest BCUT2D eigenvalue weighted by Crippen LogP contribution is -2.41. The highest BCUT2D eigenvalue weighted by Gasteiger charge is 2.52. The molecule has 3 rings (SSSR count). The average Bonchev–Trinajstić information content (AvgIpc) is 2.88. The lowest BCUT2D eigenvalue weighted by Gasteiger charge is -2.32. The van der Waals surface area contributed by atoms with Crippen molar-refractivity contribution in [3.8, 4) is 0 Å². The van der Waals surface area contributed by atoms with Gasteiger partial charge < -0.3 is 9.31 Å². The fourth-order valence-corrected chi connectivity index (χ4v) is 3.27. The van der Waals surface area contributed by atoms with Crippen LogP contribution in [0.5, 0.6) is 0 Å². The highest BCUT2D eigenvalue weighted by molar-refractivity contribution is 7.92. The molecule has 0 unspecified atom stereocenters. The van der Waals surface area contributed by atoms with Crippen molar-refractivity contribution in [2.24, 2.45) is 0 Å². The van der Waals surface area contributed by atoms with Gasteiger partial charge in [-0.25, -0.2) is 8.42 Å². The molecule has 7 nitrogen and oxygen atoms in total. The van der Waals surface area contributed by atoms with Gasteiger partial charge in [0, 0.05) is 5.46 Å². The number of benzene rings is 1. The summed E-state index contributed by atoms with van der Waals surface area (Å²) < 4.78 is 37.5. The Hall–Kier alpha value is -1.29. The first-order valence-corrected chi connectivity index (χ1v) is 9.68. The number of halogens is 1. The number of sulfonamides is 1. The Kier molecular flexibility index (Phi) is 3.91. The minimum Gasteiger partial charge on any atom is -0.399 e. The number of nitrogens with one attached hydrogen (secondary N) is 2. The van der Waals surface area contributed by atoms with E-state index in [1.54, 1.807) is 12.1 Å². The molecule has 0 bridgehead atoms. The molecule has 0 amide bonds. The fraction of sp³-hybridized carbons (Fsp3) is 0.500. The van der Waals surface area contributed by atoms with Crippen LogP contribution in [-0.4, -0.2) is 43.2 Å². The third-order valence-corrected chi connectivity index (χ3v) is 5.37. The third kappa shape index (κ3) is 2.90. The lowest BCUT2D eigenvalue weighted by atomic mass is 9.78. The number of hydrogen-bond acceptors (Lipinski definition) is 5. The van der Waals surface area contributed by atoms with E-state index in [0.717, 1.165) is 6.26 Å². The first-order valence-electron chi connectivity index (χ1n) is 7.41. The molecule has 0 aliphatic carbocycles. The standard InChI is InChI=1S/C14H19BClN3O4S/c1-13(2)14(3,4)23-15(22-13)8-6-7-9(16)10-11(8)17-18-12(10)19-24(5,20)21/h6-7H,1-5H3,(H2,17,18,19). The summed E-state index contributed by atoms with van der Waals surface area (Å²) in [5, 5.41) is 7.73. The van der Waals surface area contributed by atoms with Gasteiger partial charge >= 0.3 is 7.12 Å². The number of aromatic nitrogens is 2. The van der Waals surface area contributed by atoms with Crippen LogP contribution in [0.4, 0.5) is 5.82 Å². The van der Waals surface area contributed by atoms with E-state index in [2.05, 4.69) is 14.9 Å². The van der Waals surface area contributed by atoms with Gasteiger partial charge in [0.25, 0.3) is 0 Å². The Morgan fingerprint density at radius 1 is 1.21 bits per heavy atom. The van der Waals surface area contributed by atoms with Crippen LogP contribution < -0.4 is 10.2 Å². The molecule has 2 N–H and O–H groups in total. The van der Waals surface area contributed by atoms with Gasteiger partial charge in [0.1, 0.15) is 0 Å². The summed E-state index contributed by atoms with van der Waals surface area (Å²) in [5.74, 6) is 0.149. The molecule has 1 saturated heterocycles. The zero-order valence-electron chi connectivity index (χ0n) is 14.1. The second-order valence-electron chi connectivity index (χ2n) is 6.92. The Bertz CT molecular complexity index is 894. The molecule has 0 spiro atoms. The van der Waals surface area contributed by atoms with Crippen molar-refractivity contribution in [2.45, 2.75) is 38.9 Å². The summed E-state index contributed by atoms with van der Waals surface area (Å²) in [5.41, 5.74) is 0.309. The van der Waals surface area contributed by atoms with E-state index in [4.69, 9.17) is 20.9 Å². The predicted octanol–water partition coefficient (Wildman–Crippen LogP) is 1.89. The van der Waals surface area contributed by atoms with Crippen LogP contribution in [0.2, 0.25) is 5.02 Å². The maximum atomic E-state index is 11.5. The number of rotatable bonds is 3. The normalized spacial score (nSPS) is 19.8. The van der Waals surface area contributed by atoms with Crippen molar-refractivity contribution in [1.29, 1.82) is 0 Å². The highest BCUT2D eigenvalue weighted by Crippen LogP contribution is 2.37. The van der Waals surface area contributed by atoms with E-state index in [0.29, 0.717) is 21.4 Å². The second kappa shape index (κ2) is 5.35. The van der Waals surface area contributed by atoms with E-state index in [9.17, 15) is 8.42 Å². The van der Waals surface area contributed by atoms with Gasteiger partial charge in [0.15, 0.2) is 5.82 Å². The van der Waals surface area contributed by atoms with Crippen molar-refractivity contribution < 1.29 is 17.7 Å². The fourth-order valence-electron chi connectivity index (χ4n) is 2.53. The summed E-state index contributed by atoms with van der Waals surface area (Å²) in [6, 6.07) is 3.46. The maximum absolute atomic E-state index is 11.5. The molecule has 1 aliphatic rings. The molecule has 130 valence electrons. The smallest absolute Gasteiger partial charge is 0.399 e. The van der Waals surface area contributed by atoms with Crippen LogP contribution in [0.3, 0.4) is 0 Å². The molecule has 1 aliphatic heterocycles. The van der Waals surface area contributed by atoms with Gasteiger partial charge in [0.05, 0.1) is 33.4 Å². The van der Waals surface area contributed by atoms with Crippen molar-refractivity contribution in [3.63, 3.8) is 0 Å². The Morgan fingerprint density at radius 2 is 1.79 bits per heavy atom. The van der Waals surface area contributed by atoms with E-state index >= 15 is 0 Å². The lowest BCUT2D eigenvalue weighted by molar-refractivity contribution is 0.00578. The second-order valence-corrected chi connectivity index (χ2v) is 9.08. The first-order chi connectivity index (χ1) is 10.9. The first kappa shape index (κ1) is 17.5. The number of H-pyrrole nitrogens is 1. The molecule has 10 heteroatoms. The molecular formula is C14H19BClN3O4S. The number of anilines is 1. The van der Waals surface area contributed by atoms with Crippen molar-refractivity contribution in [2.75, 3.05) is 11.0 Å². The largest absolute Gasteiger partial charge is 0.497 e. The van der Waals surface area contributed by atoms with Gasteiger partial charge in [0.2, 0.25) is 10.0 Å². The molecule has 1 fully saturated rings. The molecular weight excluding hydrogens is 353 g/mol. The molecule has 0 saturated carbocycles. The molecule has 1 aromatic carbocycles. The molecule has 2 heterocycles. The van der Waals surface area contributed by atoms with E-state index in [1.165, 1.54) is 0 Å². The number of aromatic amines is 1. The predicted molar refractivity (Wildman–Crippen MR) is 95.3 cm³/mol. The molecule has 24 heavy (non-hydrogen) atoms. The zero-order valence-corrected chi connectivity index (χ0v) is 15.7. The van der Waals surface area contributed by atoms with E-state index in [-0.39, 0.29) is 5.82 Å². The quantitative estimate of drug-likeness (QED) is 0.804. The van der Waals surface area contributed by atoms with E-state index in [1.807, 2.05) is 27.7 Å². The zero-order chi connectivity index (χ0) is 17.9. The van der Waals surface area contributed by atoms with Crippen LogP contribution in [0.15, 0.2) is 12.1 Å². The average molecular weight is 372 g/mol. The summed E-state index contributed by atoms with van der Waals surface area (Å²) in [6.07, 6.45) is 1.06. The highest BCUT2D eigenvalue weighted by atomic mass is 35.5. The Morgan fingerprint density at radius 3 is 2.33 bits per heavy atom. The topological polar surface area (TPSA) is 93.3 Å². The van der Waals surface area contributed by atoms with Gasteiger partial charge in [-0.2, -0.15) is 5.10 Å². The van der Waals surface area contributed by atoms with Crippen LogP contribution >= 0.6 is 11.6 Å². The molecule has 0 atom stereocenters. The monoisotopic (exact) mass is 371 g/mol. The molecule has 0 radical (unpaired) electrons. The summed E-state index contributed by atoms with van der Waals surface area (Å²) in [4.78, 5) is 0. The molecule has 2 aromatic rings. The van der Waals surface area contributed by atoms with Crippen LogP contribution in [0, 0.1) is 0 Å². The number of hydrogen-bond donors (Lipinski definition) is 2. The van der Waals surface area contributed by atoms with E-state index < -0.39 is 28.3 Å². The Labute approximate surface area is 146 Å². The number of fused-ring (bicyclic) bond motifs is 1. The summed E-state index contributed by atoms with van der Waals surface area (Å²) in [7, 11) is -4.09. The van der Waals surface area contributed by atoms with Crippen molar-refractivity contribution in [3.05, 3.63) is 17.2 Å². The Balaban J connectivity index is 2.10. The third-order valence-electron chi connectivity index (χ3n) is 4.49. The van der Waals surface area contributed by atoms with Gasteiger partial charge in [-0.15, -0.1) is 0 Å². The summed E-state index contributed by atoms with van der Waals surface area (Å²) >= 11 is 6.25. The van der Waals surface area contributed by atoms with Gasteiger partial charge in [-0.1, -0.05) is 17.7 Å². The van der Waals surface area contributed by atoms with Crippen LogP contribution in [0.25, 0.3) is 10.9 Å². The minimum absolute atomic E-state index is 0.149.